The minimum absolute atomic E-state index is 0.0927. The number of rotatable bonds is 5. The van der Waals surface area contributed by atoms with Crippen molar-refractivity contribution in [2.45, 2.75) is 13.2 Å². The van der Waals surface area contributed by atoms with Crippen LogP contribution in [0.1, 0.15) is 11.1 Å². The van der Waals surface area contributed by atoms with Gasteiger partial charge in [0.15, 0.2) is 0 Å². The molecule has 106 valence electrons. The van der Waals surface area contributed by atoms with Crippen LogP contribution in [-0.2, 0) is 13.2 Å². The maximum atomic E-state index is 13.6. The molecule has 0 atom stereocenters. The smallest absolute Gasteiger partial charge is 0.134 e. The van der Waals surface area contributed by atoms with Crippen LogP contribution in [0.2, 0.25) is 5.02 Å². The fourth-order valence-electron chi connectivity index (χ4n) is 1.80. The summed E-state index contributed by atoms with van der Waals surface area (Å²) in [5.74, 6) is 0.296. The SMILES string of the molecule is CNCc1ccc(OCc2c(F)cccc2Cl)c(Br)c1. The molecule has 0 fully saturated rings. The lowest BCUT2D eigenvalue weighted by Crippen LogP contribution is -2.05. The molecular weight excluding hydrogens is 345 g/mol. The first kappa shape index (κ1) is 15.3. The van der Waals surface area contributed by atoms with E-state index in [2.05, 4.69) is 21.2 Å². The Bertz CT molecular complexity index is 586. The number of hydrogen-bond donors (Lipinski definition) is 1. The van der Waals surface area contributed by atoms with Gasteiger partial charge in [-0.15, -0.1) is 0 Å². The van der Waals surface area contributed by atoms with E-state index in [1.807, 2.05) is 25.2 Å². The summed E-state index contributed by atoms with van der Waals surface area (Å²) in [5, 5.41) is 3.44. The van der Waals surface area contributed by atoms with E-state index in [9.17, 15) is 4.39 Å². The standard InChI is InChI=1S/C15H14BrClFNO/c1-19-8-10-5-6-15(12(16)7-10)20-9-11-13(17)3-2-4-14(11)18/h2-7,19H,8-9H2,1H3. The molecule has 0 aliphatic heterocycles. The average molecular weight is 359 g/mol. The quantitative estimate of drug-likeness (QED) is 0.847. The minimum atomic E-state index is -0.361. The Balaban J connectivity index is 2.11. The molecule has 0 saturated heterocycles. The van der Waals surface area contributed by atoms with E-state index in [4.69, 9.17) is 16.3 Å². The fraction of sp³-hybridized carbons (Fsp3) is 0.200. The molecule has 20 heavy (non-hydrogen) atoms. The Morgan fingerprint density at radius 3 is 2.75 bits per heavy atom. The van der Waals surface area contributed by atoms with Crippen LogP contribution in [0.5, 0.6) is 5.75 Å². The van der Waals surface area contributed by atoms with Crippen molar-refractivity contribution in [2.75, 3.05) is 7.05 Å². The highest BCUT2D eigenvalue weighted by atomic mass is 79.9. The monoisotopic (exact) mass is 357 g/mol. The number of benzene rings is 2. The molecule has 0 unspecified atom stereocenters. The van der Waals surface area contributed by atoms with Crippen LogP contribution in [0.15, 0.2) is 40.9 Å². The zero-order valence-corrected chi connectivity index (χ0v) is 13.3. The highest BCUT2D eigenvalue weighted by molar-refractivity contribution is 9.10. The lowest BCUT2D eigenvalue weighted by Gasteiger charge is -2.11. The van der Waals surface area contributed by atoms with Crippen LogP contribution in [0.25, 0.3) is 0 Å². The van der Waals surface area contributed by atoms with Gasteiger partial charge in [0.2, 0.25) is 0 Å². The van der Waals surface area contributed by atoms with Crippen LogP contribution in [0.3, 0.4) is 0 Å². The molecule has 0 saturated carbocycles. The van der Waals surface area contributed by atoms with Crippen molar-refractivity contribution >= 4 is 27.5 Å². The predicted octanol–water partition coefficient (Wildman–Crippen LogP) is 4.54. The van der Waals surface area contributed by atoms with Gasteiger partial charge in [0, 0.05) is 12.1 Å². The molecule has 0 aliphatic rings. The van der Waals surface area contributed by atoms with Gasteiger partial charge in [-0.05, 0) is 52.8 Å². The largest absolute Gasteiger partial charge is 0.488 e. The van der Waals surface area contributed by atoms with Gasteiger partial charge in [0.05, 0.1) is 9.50 Å². The lowest BCUT2D eigenvalue weighted by atomic mass is 10.2. The van der Waals surface area contributed by atoms with Crippen LogP contribution in [0, 0.1) is 5.82 Å². The Morgan fingerprint density at radius 1 is 1.30 bits per heavy atom. The van der Waals surface area contributed by atoms with Crippen molar-refractivity contribution in [3.05, 3.63) is 62.8 Å². The normalized spacial score (nSPS) is 10.6. The van der Waals surface area contributed by atoms with Crippen molar-refractivity contribution in [1.82, 2.24) is 5.32 Å². The van der Waals surface area contributed by atoms with Crippen molar-refractivity contribution in [1.29, 1.82) is 0 Å². The molecule has 0 spiro atoms. The second-order valence-electron chi connectivity index (χ2n) is 4.28. The molecule has 5 heteroatoms. The van der Waals surface area contributed by atoms with Gasteiger partial charge in [-0.25, -0.2) is 4.39 Å². The molecule has 2 aromatic carbocycles. The Labute approximate surface area is 131 Å². The lowest BCUT2D eigenvalue weighted by molar-refractivity contribution is 0.298. The first-order valence-electron chi connectivity index (χ1n) is 6.10. The van der Waals surface area contributed by atoms with E-state index in [0.29, 0.717) is 16.3 Å². The van der Waals surface area contributed by atoms with E-state index in [0.717, 1.165) is 16.6 Å². The summed E-state index contributed by atoms with van der Waals surface area (Å²) in [6, 6.07) is 10.4. The third-order valence-electron chi connectivity index (χ3n) is 2.81. The maximum Gasteiger partial charge on any atom is 0.134 e. The second kappa shape index (κ2) is 7.07. The van der Waals surface area contributed by atoms with Crippen LogP contribution >= 0.6 is 27.5 Å². The van der Waals surface area contributed by atoms with E-state index < -0.39 is 0 Å². The van der Waals surface area contributed by atoms with Gasteiger partial charge in [-0.2, -0.15) is 0 Å². The maximum absolute atomic E-state index is 13.6. The Kier molecular flexibility index (Phi) is 5.40. The van der Waals surface area contributed by atoms with E-state index in [1.54, 1.807) is 12.1 Å². The van der Waals surface area contributed by atoms with Crippen molar-refractivity contribution in [3.63, 3.8) is 0 Å². The molecule has 0 aliphatic carbocycles. The topological polar surface area (TPSA) is 21.3 Å². The van der Waals surface area contributed by atoms with Gasteiger partial charge in [-0.1, -0.05) is 23.7 Å². The summed E-state index contributed by atoms with van der Waals surface area (Å²) in [4.78, 5) is 0. The van der Waals surface area contributed by atoms with E-state index >= 15 is 0 Å². The first-order valence-corrected chi connectivity index (χ1v) is 7.27. The number of hydrogen-bond acceptors (Lipinski definition) is 2. The molecule has 0 amide bonds. The van der Waals surface area contributed by atoms with Gasteiger partial charge in [-0.3, -0.25) is 0 Å². The summed E-state index contributed by atoms with van der Waals surface area (Å²) in [6.07, 6.45) is 0. The summed E-state index contributed by atoms with van der Waals surface area (Å²) >= 11 is 9.41. The summed E-state index contributed by atoms with van der Waals surface area (Å²) in [7, 11) is 1.89. The summed E-state index contributed by atoms with van der Waals surface area (Å²) in [6.45, 7) is 0.869. The first-order chi connectivity index (χ1) is 9.61. The molecule has 1 N–H and O–H groups in total. The van der Waals surface area contributed by atoms with Crippen molar-refractivity contribution in [3.8, 4) is 5.75 Å². The average Bonchev–Trinajstić information content (AvgIpc) is 2.40. The van der Waals surface area contributed by atoms with Crippen molar-refractivity contribution in [2.24, 2.45) is 0 Å². The zero-order valence-electron chi connectivity index (χ0n) is 10.9. The summed E-state index contributed by atoms with van der Waals surface area (Å²) in [5.41, 5.74) is 1.50. The third-order valence-corrected chi connectivity index (χ3v) is 3.78. The predicted molar refractivity (Wildman–Crippen MR) is 82.6 cm³/mol. The minimum Gasteiger partial charge on any atom is -0.488 e. The number of ether oxygens (including phenoxy) is 1. The number of halogens is 3. The van der Waals surface area contributed by atoms with Crippen LogP contribution < -0.4 is 10.1 Å². The highest BCUT2D eigenvalue weighted by Crippen LogP contribution is 2.28. The third kappa shape index (κ3) is 3.72. The van der Waals surface area contributed by atoms with Gasteiger partial charge >= 0.3 is 0 Å². The molecular formula is C15H14BrClFNO. The zero-order chi connectivity index (χ0) is 14.5. The molecule has 0 aromatic heterocycles. The second-order valence-corrected chi connectivity index (χ2v) is 5.55. The fourth-order valence-corrected chi connectivity index (χ4v) is 2.55. The van der Waals surface area contributed by atoms with Gasteiger partial charge in [0.25, 0.3) is 0 Å². The molecule has 0 heterocycles. The molecule has 2 rings (SSSR count). The summed E-state index contributed by atoms with van der Waals surface area (Å²) < 4.78 is 20.1. The highest BCUT2D eigenvalue weighted by Gasteiger charge is 2.09. The van der Waals surface area contributed by atoms with Crippen LogP contribution in [-0.4, -0.2) is 7.05 Å². The van der Waals surface area contributed by atoms with E-state index in [-0.39, 0.29) is 12.4 Å². The van der Waals surface area contributed by atoms with Gasteiger partial charge in [0.1, 0.15) is 18.2 Å². The van der Waals surface area contributed by atoms with Crippen LogP contribution in [0.4, 0.5) is 4.39 Å². The Morgan fingerprint density at radius 2 is 2.10 bits per heavy atom. The van der Waals surface area contributed by atoms with Gasteiger partial charge < -0.3 is 10.1 Å². The molecule has 0 radical (unpaired) electrons. The van der Waals surface area contributed by atoms with Crippen molar-refractivity contribution < 1.29 is 9.13 Å². The molecule has 0 bridgehead atoms. The molecule has 2 aromatic rings. The Hall–Kier alpha value is -1.10. The van der Waals surface area contributed by atoms with E-state index in [1.165, 1.54) is 6.07 Å². The molecule has 2 nitrogen and oxygen atoms in total. The number of nitrogens with one attached hydrogen (secondary N) is 1.